The van der Waals surface area contributed by atoms with Crippen LogP contribution in [0.25, 0.3) is 11.5 Å². The monoisotopic (exact) mass is 244 g/mol. The number of nitrogens with zero attached hydrogens (tertiary/aromatic N) is 1. The minimum Gasteiger partial charge on any atom is -0.441 e. The number of hydrogen-bond acceptors (Lipinski definition) is 3. The molecule has 0 aliphatic heterocycles. The van der Waals surface area contributed by atoms with Gasteiger partial charge in [0, 0.05) is 12.0 Å². The van der Waals surface area contributed by atoms with Crippen molar-refractivity contribution in [3.8, 4) is 11.5 Å². The van der Waals surface area contributed by atoms with Crippen molar-refractivity contribution in [2.75, 3.05) is 6.54 Å². The molecule has 96 valence electrons. The summed E-state index contributed by atoms with van der Waals surface area (Å²) in [5.74, 6) is 1.51. The highest BCUT2D eigenvalue weighted by molar-refractivity contribution is 5.54. The first-order valence-corrected chi connectivity index (χ1v) is 6.26. The number of nitrogens with two attached hydrogens (primary N) is 1. The summed E-state index contributed by atoms with van der Waals surface area (Å²) in [5, 5.41) is 0. The molecule has 0 radical (unpaired) electrons. The predicted octanol–water partition coefficient (Wildman–Crippen LogP) is 3.14. The summed E-state index contributed by atoms with van der Waals surface area (Å²) in [6, 6.07) is 8.36. The van der Waals surface area contributed by atoms with E-state index in [1.165, 1.54) is 5.56 Å². The van der Waals surface area contributed by atoms with Gasteiger partial charge in [-0.3, -0.25) is 0 Å². The van der Waals surface area contributed by atoms with Gasteiger partial charge in [-0.05, 0) is 29.7 Å². The lowest BCUT2D eigenvalue weighted by molar-refractivity contribution is 0.519. The molecule has 2 N–H and O–H groups in total. The molecular formula is C15H20N2O. The van der Waals surface area contributed by atoms with Crippen LogP contribution in [0.15, 0.2) is 34.9 Å². The SMILES string of the molecule is CC(C)(C)c1ccc(-c2ncc(CCN)o2)cc1. The quantitative estimate of drug-likeness (QED) is 0.902. The standard InChI is InChI=1S/C15H20N2O/c1-15(2,3)12-6-4-11(5-7-12)14-17-10-13(18-14)8-9-16/h4-7,10H,8-9,16H2,1-3H3. The molecule has 0 saturated heterocycles. The van der Waals surface area contributed by atoms with Crippen LogP contribution in [0.5, 0.6) is 0 Å². The number of benzene rings is 1. The number of rotatable bonds is 3. The average molecular weight is 244 g/mol. The third-order valence-corrected chi connectivity index (χ3v) is 2.94. The molecule has 0 atom stereocenters. The Bertz CT molecular complexity index is 506. The maximum Gasteiger partial charge on any atom is 0.226 e. The second-order valence-corrected chi connectivity index (χ2v) is 5.50. The van der Waals surface area contributed by atoms with Crippen molar-refractivity contribution in [1.82, 2.24) is 4.98 Å². The van der Waals surface area contributed by atoms with Crippen LogP contribution in [0.2, 0.25) is 0 Å². The Hall–Kier alpha value is -1.61. The molecule has 18 heavy (non-hydrogen) atoms. The Morgan fingerprint density at radius 3 is 2.39 bits per heavy atom. The molecule has 0 fully saturated rings. The molecule has 1 aromatic heterocycles. The van der Waals surface area contributed by atoms with Crippen LogP contribution in [0.3, 0.4) is 0 Å². The molecule has 0 spiro atoms. The van der Waals surface area contributed by atoms with Crippen molar-refractivity contribution in [2.45, 2.75) is 32.6 Å². The highest BCUT2D eigenvalue weighted by Crippen LogP contribution is 2.25. The maximum absolute atomic E-state index is 5.64. The maximum atomic E-state index is 5.64. The van der Waals surface area contributed by atoms with Crippen LogP contribution in [0.1, 0.15) is 32.1 Å². The fraction of sp³-hybridized carbons (Fsp3) is 0.400. The zero-order chi connectivity index (χ0) is 13.2. The van der Waals surface area contributed by atoms with E-state index < -0.39 is 0 Å². The minimum atomic E-state index is 0.167. The van der Waals surface area contributed by atoms with Crippen molar-refractivity contribution in [2.24, 2.45) is 5.73 Å². The molecule has 0 bridgehead atoms. The minimum absolute atomic E-state index is 0.167. The van der Waals surface area contributed by atoms with Gasteiger partial charge in [0.05, 0.1) is 6.20 Å². The van der Waals surface area contributed by atoms with E-state index in [4.69, 9.17) is 10.2 Å². The Kier molecular flexibility index (Phi) is 3.53. The van der Waals surface area contributed by atoms with E-state index in [2.05, 4.69) is 50.0 Å². The molecule has 0 aliphatic carbocycles. The smallest absolute Gasteiger partial charge is 0.226 e. The van der Waals surface area contributed by atoms with Gasteiger partial charge < -0.3 is 10.2 Å². The summed E-state index contributed by atoms with van der Waals surface area (Å²) in [5.41, 5.74) is 7.97. The molecule has 3 heteroatoms. The van der Waals surface area contributed by atoms with Gasteiger partial charge in [0.2, 0.25) is 5.89 Å². The number of aromatic nitrogens is 1. The average Bonchev–Trinajstić information content (AvgIpc) is 2.77. The van der Waals surface area contributed by atoms with Crippen molar-refractivity contribution >= 4 is 0 Å². The fourth-order valence-electron chi connectivity index (χ4n) is 1.81. The molecule has 1 aromatic carbocycles. The van der Waals surface area contributed by atoms with Crippen molar-refractivity contribution in [1.29, 1.82) is 0 Å². The summed E-state index contributed by atoms with van der Waals surface area (Å²) in [4.78, 5) is 4.27. The zero-order valence-corrected chi connectivity index (χ0v) is 11.2. The van der Waals surface area contributed by atoms with Crippen LogP contribution in [-0.2, 0) is 11.8 Å². The Morgan fingerprint density at radius 1 is 1.17 bits per heavy atom. The predicted molar refractivity (Wildman–Crippen MR) is 73.4 cm³/mol. The summed E-state index contributed by atoms with van der Waals surface area (Å²) in [6.45, 7) is 7.18. The summed E-state index contributed by atoms with van der Waals surface area (Å²) >= 11 is 0. The van der Waals surface area contributed by atoms with Crippen molar-refractivity contribution in [3.05, 3.63) is 41.8 Å². The van der Waals surface area contributed by atoms with Gasteiger partial charge in [-0.15, -0.1) is 0 Å². The number of oxazole rings is 1. The topological polar surface area (TPSA) is 52.0 Å². The molecule has 0 unspecified atom stereocenters. The lowest BCUT2D eigenvalue weighted by Gasteiger charge is -2.18. The molecule has 0 aliphatic rings. The van der Waals surface area contributed by atoms with Gasteiger partial charge in [0.15, 0.2) is 0 Å². The second-order valence-electron chi connectivity index (χ2n) is 5.50. The number of hydrogen-bond donors (Lipinski definition) is 1. The highest BCUT2D eigenvalue weighted by atomic mass is 16.4. The van der Waals surface area contributed by atoms with Gasteiger partial charge in [0.1, 0.15) is 5.76 Å². The fourth-order valence-corrected chi connectivity index (χ4v) is 1.81. The van der Waals surface area contributed by atoms with Crippen LogP contribution in [-0.4, -0.2) is 11.5 Å². The first-order chi connectivity index (χ1) is 8.50. The van der Waals surface area contributed by atoms with E-state index in [9.17, 15) is 0 Å². The van der Waals surface area contributed by atoms with Gasteiger partial charge in [-0.25, -0.2) is 4.98 Å². The molecule has 1 heterocycles. The van der Waals surface area contributed by atoms with Gasteiger partial charge in [-0.1, -0.05) is 32.9 Å². The van der Waals surface area contributed by atoms with E-state index in [1.807, 2.05) is 0 Å². The zero-order valence-electron chi connectivity index (χ0n) is 11.2. The molecule has 0 amide bonds. The lowest BCUT2D eigenvalue weighted by atomic mass is 9.87. The van der Waals surface area contributed by atoms with Crippen LogP contribution < -0.4 is 5.73 Å². The molecule has 2 rings (SSSR count). The van der Waals surface area contributed by atoms with E-state index in [0.29, 0.717) is 12.4 Å². The molecular weight excluding hydrogens is 224 g/mol. The van der Waals surface area contributed by atoms with Crippen molar-refractivity contribution < 1.29 is 4.42 Å². The summed E-state index contributed by atoms with van der Waals surface area (Å²) in [7, 11) is 0. The van der Waals surface area contributed by atoms with Crippen LogP contribution >= 0.6 is 0 Å². The molecule has 2 aromatic rings. The van der Waals surface area contributed by atoms with Gasteiger partial charge in [0.25, 0.3) is 0 Å². The third-order valence-electron chi connectivity index (χ3n) is 2.94. The van der Waals surface area contributed by atoms with Gasteiger partial charge in [-0.2, -0.15) is 0 Å². The van der Waals surface area contributed by atoms with Gasteiger partial charge >= 0.3 is 0 Å². The van der Waals surface area contributed by atoms with E-state index in [1.54, 1.807) is 6.20 Å². The van der Waals surface area contributed by atoms with E-state index in [0.717, 1.165) is 17.7 Å². The Labute approximate surface area is 108 Å². The molecule has 0 saturated carbocycles. The Balaban J connectivity index is 2.23. The first kappa shape index (κ1) is 12.8. The first-order valence-electron chi connectivity index (χ1n) is 6.26. The third kappa shape index (κ3) is 2.79. The van der Waals surface area contributed by atoms with Crippen LogP contribution in [0, 0.1) is 0 Å². The van der Waals surface area contributed by atoms with E-state index >= 15 is 0 Å². The highest BCUT2D eigenvalue weighted by Gasteiger charge is 2.14. The molecule has 3 nitrogen and oxygen atoms in total. The lowest BCUT2D eigenvalue weighted by Crippen LogP contribution is -2.10. The summed E-state index contributed by atoms with van der Waals surface area (Å²) < 4.78 is 5.64. The van der Waals surface area contributed by atoms with E-state index in [-0.39, 0.29) is 5.41 Å². The van der Waals surface area contributed by atoms with Crippen LogP contribution in [0.4, 0.5) is 0 Å². The Morgan fingerprint density at radius 2 is 1.83 bits per heavy atom. The normalized spacial score (nSPS) is 11.8. The summed E-state index contributed by atoms with van der Waals surface area (Å²) in [6.07, 6.45) is 2.48. The van der Waals surface area contributed by atoms with Crippen molar-refractivity contribution in [3.63, 3.8) is 0 Å². The largest absolute Gasteiger partial charge is 0.441 e. The second kappa shape index (κ2) is 4.94.